The van der Waals surface area contributed by atoms with Crippen molar-refractivity contribution in [1.82, 2.24) is 4.31 Å². The number of sulfonamides is 1. The Bertz CT molecular complexity index is 615. The maximum Gasteiger partial charge on any atom is 0.242 e. The average Bonchev–Trinajstić information content (AvgIpc) is 2.46. The Morgan fingerprint density at radius 3 is 2.41 bits per heavy atom. The maximum absolute atomic E-state index is 12.6. The lowest BCUT2D eigenvalue weighted by molar-refractivity contribution is 0.0988. The van der Waals surface area contributed by atoms with Crippen LogP contribution in [0.1, 0.15) is 37.6 Å². The van der Waals surface area contributed by atoms with E-state index in [1.165, 1.54) is 23.5 Å². The van der Waals surface area contributed by atoms with Crippen LogP contribution in [-0.4, -0.2) is 38.6 Å². The molecule has 1 rings (SSSR count). The van der Waals surface area contributed by atoms with Gasteiger partial charge in [-0.3, -0.25) is 4.79 Å². The molecule has 0 aliphatic carbocycles. The number of hydrogen-bond acceptors (Lipinski definition) is 4. The molecule has 1 aromatic carbocycles. The van der Waals surface area contributed by atoms with E-state index in [1.807, 2.05) is 13.8 Å². The molecule has 0 atom stereocenters. The van der Waals surface area contributed by atoms with Crippen molar-refractivity contribution in [3.63, 3.8) is 0 Å². The normalized spacial score (nSPS) is 12.1. The molecule has 0 heterocycles. The van der Waals surface area contributed by atoms with Crippen molar-refractivity contribution in [3.8, 4) is 0 Å². The van der Waals surface area contributed by atoms with Crippen LogP contribution in [0.15, 0.2) is 29.2 Å². The topological polar surface area (TPSA) is 80.5 Å². The van der Waals surface area contributed by atoms with Gasteiger partial charge in [0.15, 0.2) is 5.78 Å². The second-order valence-electron chi connectivity index (χ2n) is 5.93. The van der Waals surface area contributed by atoms with Gasteiger partial charge in [-0.2, -0.15) is 0 Å². The van der Waals surface area contributed by atoms with Crippen molar-refractivity contribution in [2.24, 2.45) is 11.1 Å². The lowest BCUT2D eigenvalue weighted by Gasteiger charge is -2.28. The number of benzene rings is 1. The Morgan fingerprint density at radius 1 is 1.32 bits per heavy atom. The highest BCUT2D eigenvalue weighted by Crippen LogP contribution is 2.21. The molecule has 0 radical (unpaired) electrons. The van der Waals surface area contributed by atoms with Crippen molar-refractivity contribution in [2.75, 3.05) is 20.1 Å². The highest BCUT2D eigenvalue weighted by atomic mass is 35.5. The standard InChI is InChI=1S/C15H24N2O3S.ClH/c1-5-14(18)12-7-6-8-13(9-12)21(19,20)17(4)11-15(2,3)10-16;/h6-9H,5,10-11,16H2,1-4H3;1H. The van der Waals surface area contributed by atoms with Crippen molar-refractivity contribution >= 4 is 28.2 Å². The molecule has 0 bridgehead atoms. The third kappa shape index (κ3) is 5.05. The van der Waals surface area contributed by atoms with Crippen LogP contribution >= 0.6 is 12.4 Å². The summed E-state index contributed by atoms with van der Waals surface area (Å²) >= 11 is 0. The van der Waals surface area contributed by atoms with Crippen LogP contribution in [0.3, 0.4) is 0 Å². The number of rotatable bonds is 7. The Kier molecular flexibility index (Phi) is 7.71. The van der Waals surface area contributed by atoms with E-state index in [2.05, 4.69) is 0 Å². The predicted octanol–water partition coefficient (Wildman–Crippen LogP) is 2.31. The fourth-order valence-corrected chi connectivity index (χ4v) is 3.37. The first-order valence-electron chi connectivity index (χ1n) is 6.93. The van der Waals surface area contributed by atoms with Crippen LogP contribution in [0.2, 0.25) is 0 Å². The lowest BCUT2D eigenvalue weighted by atomic mass is 9.94. The van der Waals surface area contributed by atoms with E-state index in [9.17, 15) is 13.2 Å². The van der Waals surface area contributed by atoms with Gasteiger partial charge in [-0.25, -0.2) is 12.7 Å². The number of hydrogen-bond donors (Lipinski definition) is 1. The van der Waals surface area contributed by atoms with Crippen LogP contribution in [0.5, 0.6) is 0 Å². The van der Waals surface area contributed by atoms with Crippen molar-refractivity contribution in [2.45, 2.75) is 32.1 Å². The number of Topliss-reactive ketones (excluding diaryl/α,β-unsaturated/α-hetero) is 1. The van der Waals surface area contributed by atoms with Crippen LogP contribution in [0, 0.1) is 5.41 Å². The molecule has 0 amide bonds. The number of nitrogens with two attached hydrogens (primary N) is 1. The van der Waals surface area contributed by atoms with Crippen LogP contribution in [0.25, 0.3) is 0 Å². The van der Waals surface area contributed by atoms with E-state index < -0.39 is 10.0 Å². The van der Waals surface area contributed by atoms with Gasteiger partial charge < -0.3 is 5.73 Å². The summed E-state index contributed by atoms with van der Waals surface area (Å²) in [5.74, 6) is -0.0722. The Labute approximate surface area is 139 Å². The highest BCUT2D eigenvalue weighted by Gasteiger charge is 2.27. The molecule has 1 aromatic rings. The first kappa shape index (κ1) is 21.0. The highest BCUT2D eigenvalue weighted by molar-refractivity contribution is 7.89. The van der Waals surface area contributed by atoms with Crippen molar-refractivity contribution in [3.05, 3.63) is 29.8 Å². The maximum atomic E-state index is 12.6. The average molecular weight is 349 g/mol. The summed E-state index contributed by atoms with van der Waals surface area (Å²) in [6, 6.07) is 6.17. The molecule has 0 unspecified atom stereocenters. The van der Waals surface area contributed by atoms with Crippen LogP contribution < -0.4 is 5.73 Å². The fourth-order valence-electron chi connectivity index (χ4n) is 1.97. The number of carbonyl (C=O) groups excluding carboxylic acids is 1. The van der Waals surface area contributed by atoms with Gasteiger partial charge >= 0.3 is 0 Å². The minimum Gasteiger partial charge on any atom is -0.330 e. The Hall–Kier alpha value is -0.950. The SMILES string of the molecule is CCC(=O)c1cccc(S(=O)(=O)N(C)CC(C)(C)CN)c1.Cl. The molecule has 0 saturated carbocycles. The minimum atomic E-state index is -3.62. The Balaban J connectivity index is 0.00000441. The molecule has 0 spiro atoms. The van der Waals surface area contributed by atoms with Gasteiger partial charge in [0.1, 0.15) is 0 Å². The first-order valence-corrected chi connectivity index (χ1v) is 8.38. The summed E-state index contributed by atoms with van der Waals surface area (Å²) in [5.41, 5.74) is 5.77. The molecule has 0 saturated heterocycles. The molecule has 0 aromatic heterocycles. The van der Waals surface area contributed by atoms with Gasteiger partial charge in [-0.05, 0) is 24.1 Å². The largest absolute Gasteiger partial charge is 0.330 e. The molecule has 5 nitrogen and oxygen atoms in total. The molecular formula is C15H25ClN2O3S. The van der Waals surface area contributed by atoms with Gasteiger partial charge in [0, 0.05) is 25.6 Å². The van der Waals surface area contributed by atoms with Gasteiger partial charge in [-0.15, -0.1) is 12.4 Å². The van der Waals surface area contributed by atoms with Crippen LogP contribution in [0.4, 0.5) is 0 Å². The van der Waals surface area contributed by atoms with Crippen LogP contribution in [-0.2, 0) is 10.0 Å². The zero-order valence-electron chi connectivity index (χ0n) is 13.5. The third-order valence-electron chi connectivity index (χ3n) is 3.39. The zero-order valence-corrected chi connectivity index (χ0v) is 15.1. The summed E-state index contributed by atoms with van der Waals surface area (Å²) in [5, 5.41) is 0. The summed E-state index contributed by atoms with van der Waals surface area (Å²) in [7, 11) is -2.09. The quantitative estimate of drug-likeness (QED) is 0.767. The van der Waals surface area contributed by atoms with Gasteiger partial charge in [0.25, 0.3) is 0 Å². The molecule has 22 heavy (non-hydrogen) atoms. The summed E-state index contributed by atoms with van der Waals surface area (Å²) < 4.78 is 26.4. The summed E-state index contributed by atoms with van der Waals surface area (Å²) in [6.07, 6.45) is 0.347. The second-order valence-corrected chi connectivity index (χ2v) is 7.98. The minimum absolute atomic E-state index is 0. The molecule has 0 aliphatic heterocycles. The number of nitrogens with zero attached hydrogens (tertiary/aromatic N) is 1. The molecule has 0 fully saturated rings. The van der Waals surface area contributed by atoms with E-state index in [0.717, 1.165) is 0 Å². The Morgan fingerprint density at radius 2 is 1.91 bits per heavy atom. The van der Waals surface area contributed by atoms with Crippen molar-refractivity contribution in [1.29, 1.82) is 0 Å². The van der Waals surface area contributed by atoms with E-state index in [1.54, 1.807) is 19.1 Å². The summed E-state index contributed by atoms with van der Waals surface area (Å²) in [4.78, 5) is 11.8. The number of carbonyl (C=O) groups is 1. The number of halogens is 1. The fraction of sp³-hybridized carbons (Fsp3) is 0.533. The van der Waals surface area contributed by atoms with E-state index in [0.29, 0.717) is 25.1 Å². The molecule has 7 heteroatoms. The van der Waals surface area contributed by atoms with E-state index in [-0.39, 0.29) is 28.5 Å². The number of ketones is 1. The lowest BCUT2D eigenvalue weighted by Crippen LogP contribution is -2.39. The zero-order chi connectivity index (χ0) is 16.3. The van der Waals surface area contributed by atoms with Gasteiger partial charge in [-0.1, -0.05) is 32.9 Å². The summed E-state index contributed by atoms with van der Waals surface area (Å²) in [6.45, 7) is 6.28. The first-order chi connectivity index (χ1) is 9.64. The molecule has 126 valence electrons. The van der Waals surface area contributed by atoms with E-state index in [4.69, 9.17) is 5.73 Å². The van der Waals surface area contributed by atoms with E-state index >= 15 is 0 Å². The second kappa shape index (κ2) is 8.06. The van der Waals surface area contributed by atoms with Gasteiger partial charge in [0.05, 0.1) is 4.90 Å². The van der Waals surface area contributed by atoms with Crippen molar-refractivity contribution < 1.29 is 13.2 Å². The molecule has 2 N–H and O–H groups in total. The third-order valence-corrected chi connectivity index (χ3v) is 5.19. The molecule has 0 aliphatic rings. The smallest absolute Gasteiger partial charge is 0.242 e. The van der Waals surface area contributed by atoms with Gasteiger partial charge in [0.2, 0.25) is 10.0 Å². The predicted molar refractivity (Wildman–Crippen MR) is 91.0 cm³/mol. The molecular weight excluding hydrogens is 324 g/mol. The monoisotopic (exact) mass is 348 g/mol.